The summed E-state index contributed by atoms with van der Waals surface area (Å²) in [7, 11) is 0. The third-order valence-electron chi connectivity index (χ3n) is 4.34. The summed E-state index contributed by atoms with van der Waals surface area (Å²) >= 11 is 1.31. The zero-order valence-electron chi connectivity index (χ0n) is 15.5. The van der Waals surface area contributed by atoms with Gasteiger partial charge in [-0.15, -0.1) is 5.10 Å². The number of nitrogens with zero attached hydrogens (tertiary/aromatic N) is 4. The predicted octanol–water partition coefficient (Wildman–Crippen LogP) is 2.50. The van der Waals surface area contributed by atoms with Gasteiger partial charge in [0.05, 0.1) is 10.9 Å². The van der Waals surface area contributed by atoms with Crippen LogP contribution in [0.1, 0.15) is 18.1 Å². The van der Waals surface area contributed by atoms with Crippen LogP contribution < -0.4 is 14.8 Å². The molecule has 0 bridgehead atoms. The first-order valence-corrected chi connectivity index (χ1v) is 9.67. The van der Waals surface area contributed by atoms with Crippen molar-refractivity contribution in [1.82, 2.24) is 25.5 Å². The highest BCUT2D eigenvalue weighted by molar-refractivity contribution is 8.00. The fraction of sp³-hybridized carbons (Fsp3) is 0.263. The minimum absolute atomic E-state index is 0.0954. The summed E-state index contributed by atoms with van der Waals surface area (Å²) in [6.45, 7) is 4.46. The Morgan fingerprint density at radius 1 is 1.25 bits per heavy atom. The molecule has 2 aromatic carbocycles. The molecular formula is C19H19N5O3S. The second-order valence-corrected chi connectivity index (χ2v) is 7.63. The van der Waals surface area contributed by atoms with Crippen LogP contribution in [-0.4, -0.2) is 38.2 Å². The SMILES string of the molecule is Cc1ccccc1-n1nnnc1SC(C)C(=O)NCc1ccc2c(c1)OCO2. The number of benzene rings is 2. The quantitative estimate of drug-likeness (QED) is 0.639. The monoisotopic (exact) mass is 397 g/mol. The van der Waals surface area contributed by atoms with Gasteiger partial charge in [-0.1, -0.05) is 36.0 Å². The molecule has 28 heavy (non-hydrogen) atoms. The van der Waals surface area contributed by atoms with Crippen molar-refractivity contribution in [3.8, 4) is 17.2 Å². The van der Waals surface area contributed by atoms with E-state index in [1.54, 1.807) is 4.68 Å². The molecule has 4 rings (SSSR count). The van der Waals surface area contributed by atoms with Crippen LogP contribution in [-0.2, 0) is 11.3 Å². The minimum Gasteiger partial charge on any atom is -0.454 e. The first-order chi connectivity index (χ1) is 13.6. The number of rotatable bonds is 6. The molecule has 0 aliphatic carbocycles. The molecular weight excluding hydrogens is 378 g/mol. The van der Waals surface area contributed by atoms with Gasteiger partial charge in [0, 0.05) is 6.54 Å². The van der Waals surface area contributed by atoms with Gasteiger partial charge in [-0.05, 0) is 53.6 Å². The zero-order chi connectivity index (χ0) is 19.5. The zero-order valence-corrected chi connectivity index (χ0v) is 16.3. The summed E-state index contributed by atoms with van der Waals surface area (Å²) in [5.74, 6) is 1.33. The van der Waals surface area contributed by atoms with Crippen molar-refractivity contribution >= 4 is 17.7 Å². The lowest BCUT2D eigenvalue weighted by Crippen LogP contribution is -2.30. The van der Waals surface area contributed by atoms with E-state index in [0.717, 1.165) is 22.6 Å². The summed E-state index contributed by atoms with van der Waals surface area (Å²) in [6.07, 6.45) is 0. The topological polar surface area (TPSA) is 91.2 Å². The molecule has 0 radical (unpaired) electrons. The molecule has 1 amide bonds. The highest BCUT2D eigenvalue weighted by Crippen LogP contribution is 2.32. The number of ether oxygens (including phenoxy) is 2. The highest BCUT2D eigenvalue weighted by atomic mass is 32.2. The lowest BCUT2D eigenvalue weighted by atomic mass is 10.2. The smallest absolute Gasteiger partial charge is 0.233 e. The normalized spacial score (nSPS) is 13.4. The van der Waals surface area contributed by atoms with Gasteiger partial charge in [-0.2, -0.15) is 4.68 Å². The number of carbonyl (C=O) groups excluding carboxylic acids is 1. The van der Waals surface area contributed by atoms with Crippen LogP contribution in [0.5, 0.6) is 11.5 Å². The number of hydrogen-bond donors (Lipinski definition) is 1. The van der Waals surface area contributed by atoms with Gasteiger partial charge in [0.25, 0.3) is 0 Å². The van der Waals surface area contributed by atoms with Crippen molar-refractivity contribution in [2.24, 2.45) is 0 Å². The molecule has 0 fully saturated rings. The van der Waals surface area contributed by atoms with E-state index < -0.39 is 0 Å². The lowest BCUT2D eigenvalue weighted by Gasteiger charge is -2.12. The number of tetrazole rings is 1. The van der Waals surface area contributed by atoms with E-state index in [9.17, 15) is 4.79 Å². The van der Waals surface area contributed by atoms with Crippen LogP contribution in [0, 0.1) is 6.92 Å². The maximum atomic E-state index is 12.5. The molecule has 1 unspecified atom stereocenters. The molecule has 1 N–H and O–H groups in total. The van der Waals surface area contributed by atoms with E-state index in [2.05, 4.69) is 20.8 Å². The molecule has 0 spiro atoms. The second kappa shape index (κ2) is 7.89. The fourth-order valence-electron chi connectivity index (χ4n) is 2.80. The number of fused-ring (bicyclic) bond motifs is 1. The fourth-order valence-corrected chi connectivity index (χ4v) is 3.63. The van der Waals surface area contributed by atoms with Crippen LogP contribution in [0.4, 0.5) is 0 Å². The van der Waals surface area contributed by atoms with Crippen LogP contribution in [0.3, 0.4) is 0 Å². The van der Waals surface area contributed by atoms with E-state index in [4.69, 9.17) is 9.47 Å². The maximum absolute atomic E-state index is 12.5. The summed E-state index contributed by atoms with van der Waals surface area (Å²) in [4.78, 5) is 12.5. The van der Waals surface area contributed by atoms with Crippen molar-refractivity contribution in [3.05, 3.63) is 53.6 Å². The predicted molar refractivity (Wildman–Crippen MR) is 104 cm³/mol. The Morgan fingerprint density at radius 3 is 2.93 bits per heavy atom. The molecule has 1 aromatic heterocycles. The number of thioether (sulfide) groups is 1. The molecule has 1 atom stereocenters. The van der Waals surface area contributed by atoms with Gasteiger partial charge in [-0.25, -0.2) is 0 Å². The maximum Gasteiger partial charge on any atom is 0.233 e. The van der Waals surface area contributed by atoms with Crippen LogP contribution >= 0.6 is 11.8 Å². The number of carbonyl (C=O) groups is 1. The van der Waals surface area contributed by atoms with Crippen LogP contribution in [0.25, 0.3) is 5.69 Å². The largest absolute Gasteiger partial charge is 0.454 e. The second-order valence-electron chi connectivity index (χ2n) is 6.33. The molecule has 2 heterocycles. The van der Waals surface area contributed by atoms with Gasteiger partial charge in [0.1, 0.15) is 0 Å². The number of aryl methyl sites for hydroxylation is 1. The summed E-state index contributed by atoms with van der Waals surface area (Å²) in [6, 6.07) is 13.5. The van der Waals surface area contributed by atoms with Crippen molar-refractivity contribution < 1.29 is 14.3 Å². The minimum atomic E-state index is -0.359. The summed E-state index contributed by atoms with van der Waals surface area (Å²) in [5, 5.41) is 15.0. The Bertz CT molecular complexity index is 1010. The summed E-state index contributed by atoms with van der Waals surface area (Å²) in [5.41, 5.74) is 2.89. The molecule has 3 aromatic rings. The van der Waals surface area contributed by atoms with E-state index >= 15 is 0 Å². The number of amides is 1. The van der Waals surface area contributed by atoms with Gasteiger partial charge >= 0.3 is 0 Å². The third-order valence-corrected chi connectivity index (χ3v) is 5.37. The van der Waals surface area contributed by atoms with Gasteiger partial charge in [0.15, 0.2) is 11.5 Å². The first kappa shape index (κ1) is 18.3. The van der Waals surface area contributed by atoms with Crippen LogP contribution in [0.2, 0.25) is 0 Å². The molecule has 0 saturated carbocycles. The van der Waals surface area contributed by atoms with Gasteiger partial charge in [-0.3, -0.25) is 4.79 Å². The molecule has 1 aliphatic heterocycles. The molecule has 0 saturated heterocycles. The van der Waals surface area contributed by atoms with Crippen molar-refractivity contribution in [3.63, 3.8) is 0 Å². The molecule has 1 aliphatic rings. The number of para-hydroxylation sites is 1. The molecule has 144 valence electrons. The van der Waals surface area contributed by atoms with E-state index in [1.165, 1.54) is 11.8 Å². The van der Waals surface area contributed by atoms with Gasteiger partial charge < -0.3 is 14.8 Å². The van der Waals surface area contributed by atoms with E-state index in [1.807, 2.05) is 56.3 Å². The van der Waals surface area contributed by atoms with Crippen molar-refractivity contribution in [1.29, 1.82) is 0 Å². The van der Waals surface area contributed by atoms with E-state index in [-0.39, 0.29) is 18.0 Å². The standard InChI is InChI=1S/C19H19N5O3S/c1-12-5-3-4-6-15(12)24-19(21-22-23-24)28-13(2)18(25)20-10-14-7-8-16-17(9-14)27-11-26-16/h3-9,13H,10-11H2,1-2H3,(H,20,25). The Labute approximate surface area is 166 Å². The Hall–Kier alpha value is -3.07. The third kappa shape index (κ3) is 3.79. The lowest BCUT2D eigenvalue weighted by molar-refractivity contribution is -0.120. The average Bonchev–Trinajstić information content (AvgIpc) is 3.35. The Morgan fingerprint density at radius 2 is 2.07 bits per heavy atom. The Kier molecular flexibility index (Phi) is 5.16. The Balaban J connectivity index is 1.39. The van der Waals surface area contributed by atoms with E-state index in [0.29, 0.717) is 17.5 Å². The first-order valence-electron chi connectivity index (χ1n) is 8.79. The van der Waals surface area contributed by atoms with Crippen molar-refractivity contribution in [2.75, 3.05) is 6.79 Å². The average molecular weight is 397 g/mol. The van der Waals surface area contributed by atoms with Crippen LogP contribution in [0.15, 0.2) is 47.6 Å². The highest BCUT2D eigenvalue weighted by Gasteiger charge is 2.20. The molecule has 8 nitrogen and oxygen atoms in total. The number of nitrogens with one attached hydrogen (secondary N) is 1. The number of aromatic nitrogens is 4. The van der Waals surface area contributed by atoms with Gasteiger partial charge in [0.2, 0.25) is 17.9 Å². The number of hydrogen-bond acceptors (Lipinski definition) is 7. The summed E-state index contributed by atoms with van der Waals surface area (Å²) < 4.78 is 12.3. The molecule has 9 heteroatoms. The van der Waals surface area contributed by atoms with Crippen molar-refractivity contribution in [2.45, 2.75) is 30.8 Å².